The standard InChI is InChI=1S/C10H8F3N5/c1-6-7(5-14)9(17(2)15-6)18-4-3-8(16-18)10(11,12)13/h3-4H,1-2H3. The second-order valence-corrected chi connectivity index (χ2v) is 3.66. The molecule has 0 saturated carbocycles. The number of nitrogens with zero attached hydrogens (tertiary/aromatic N) is 5. The molecular weight excluding hydrogens is 247 g/mol. The normalized spacial score (nSPS) is 11.6. The van der Waals surface area contributed by atoms with Crippen molar-refractivity contribution in [3.63, 3.8) is 0 Å². The van der Waals surface area contributed by atoms with Crippen molar-refractivity contribution in [1.29, 1.82) is 5.26 Å². The van der Waals surface area contributed by atoms with Crippen molar-refractivity contribution >= 4 is 0 Å². The highest BCUT2D eigenvalue weighted by Crippen LogP contribution is 2.28. The molecule has 2 rings (SSSR count). The third kappa shape index (κ3) is 1.84. The van der Waals surface area contributed by atoms with Gasteiger partial charge < -0.3 is 0 Å². The van der Waals surface area contributed by atoms with Gasteiger partial charge in [-0.3, -0.25) is 0 Å². The Kier molecular flexibility index (Phi) is 2.62. The molecule has 2 aromatic heterocycles. The summed E-state index contributed by atoms with van der Waals surface area (Å²) in [5.74, 6) is 0.213. The van der Waals surface area contributed by atoms with Crippen molar-refractivity contribution in [2.45, 2.75) is 13.1 Å². The zero-order chi connectivity index (χ0) is 13.5. The molecule has 0 N–H and O–H groups in total. The third-order valence-corrected chi connectivity index (χ3v) is 2.40. The molecule has 0 fully saturated rings. The van der Waals surface area contributed by atoms with Crippen LogP contribution in [0.2, 0.25) is 0 Å². The molecule has 0 aliphatic carbocycles. The maximum atomic E-state index is 12.4. The number of rotatable bonds is 1. The van der Waals surface area contributed by atoms with Crippen LogP contribution in [-0.2, 0) is 13.2 Å². The van der Waals surface area contributed by atoms with Crippen LogP contribution in [0.4, 0.5) is 13.2 Å². The Balaban J connectivity index is 2.57. The Morgan fingerprint density at radius 1 is 1.33 bits per heavy atom. The van der Waals surface area contributed by atoms with Gasteiger partial charge in [0.05, 0.1) is 5.69 Å². The molecule has 8 heteroatoms. The van der Waals surface area contributed by atoms with Crippen LogP contribution in [0.3, 0.4) is 0 Å². The van der Waals surface area contributed by atoms with Gasteiger partial charge in [0.2, 0.25) is 0 Å². The van der Waals surface area contributed by atoms with Gasteiger partial charge in [-0.2, -0.15) is 28.6 Å². The van der Waals surface area contributed by atoms with E-state index in [-0.39, 0.29) is 11.4 Å². The summed E-state index contributed by atoms with van der Waals surface area (Å²) in [6.45, 7) is 1.61. The van der Waals surface area contributed by atoms with Gasteiger partial charge in [-0.1, -0.05) is 0 Å². The van der Waals surface area contributed by atoms with E-state index in [0.29, 0.717) is 5.69 Å². The Morgan fingerprint density at radius 3 is 2.50 bits per heavy atom. The summed E-state index contributed by atoms with van der Waals surface area (Å²) < 4.78 is 39.6. The Bertz CT molecular complexity index is 629. The lowest BCUT2D eigenvalue weighted by atomic mass is 10.3. The molecule has 0 aliphatic rings. The Hall–Kier alpha value is -2.30. The fourth-order valence-corrected chi connectivity index (χ4v) is 1.63. The minimum absolute atomic E-state index is 0.203. The third-order valence-electron chi connectivity index (χ3n) is 2.40. The van der Waals surface area contributed by atoms with Crippen LogP contribution in [0.5, 0.6) is 0 Å². The molecular formula is C10H8F3N5. The second kappa shape index (κ2) is 3.87. The number of aryl methyl sites for hydroxylation is 2. The van der Waals surface area contributed by atoms with E-state index in [1.54, 1.807) is 6.92 Å². The van der Waals surface area contributed by atoms with E-state index in [1.807, 2.05) is 6.07 Å². The number of nitriles is 1. The summed E-state index contributed by atoms with van der Waals surface area (Å²) in [5, 5.41) is 16.4. The topological polar surface area (TPSA) is 59.4 Å². The van der Waals surface area contributed by atoms with Crippen LogP contribution in [0, 0.1) is 18.3 Å². The van der Waals surface area contributed by atoms with E-state index >= 15 is 0 Å². The first-order chi connectivity index (χ1) is 8.34. The maximum Gasteiger partial charge on any atom is 0.435 e. The molecule has 0 amide bonds. The molecule has 18 heavy (non-hydrogen) atoms. The molecule has 0 radical (unpaired) electrons. The lowest BCUT2D eigenvalue weighted by Crippen LogP contribution is -2.09. The van der Waals surface area contributed by atoms with Gasteiger partial charge in [-0.15, -0.1) is 0 Å². The summed E-state index contributed by atoms with van der Waals surface area (Å²) in [6.07, 6.45) is -3.36. The molecule has 2 aromatic rings. The lowest BCUT2D eigenvalue weighted by molar-refractivity contribution is -0.141. The molecule has 94 valence electrons. The minimum atomic E-state index is -4.51. The smallest absolute Gasteiger partial charge is 0.250 e. The SMILES string of the molecule is Cc1nn(C)c(-n2ccc(C(F)(F)F)n2)c1C#N. The molecule has 0 atom stereocenters. The molecule has 0 saturated heterocycles. The van der Waals surface area contributed by atoms with Crippen molar-refractivity contribution < 1.29 is 13.2 Å². The van der Waals surface area contributed by atoms with E-state index in [9.17, 15) is 13.2 Å². The number of hydrogen-bond donors (Lipinski definition) is 0. The first-order valence-electron chi connectivity index (χ1n) is 4.91. The van der Waals surface area contributed by atoms with Gasteiger partial charge in [0.25, 0.3) is 0 Å². The Morgan fingerprint density at radius 2 is 2.00 bits per heavy atom. The van der Waals surface area contributed by atoms with Crippen LogP contribution >= 0.6 is 0 Å². The van der Waals surface area contributed by atoms with Crippen LogP contribution < -0.4 is 0 Å². The highest BCUT2D eigenvalue weighted by atomic mass is 19.4. The van der Waals surface area contributed by atoms with Gasteiger partial charge in [0, 0.05) is 13.2 Å². The van der Waals surface area contributed by atoms with Gasteiger partial charge in [-0.25, -0.2) is 9.36 Å². The minimum Gasteiger partial charge on any atom is -0.250 e. The summed E-state index contributed by atoms with van der Waals surface area (Å²) in [5.41, 5.74) is -0.362. The first kappa shape index (κ1) is 12.2. The number of hydrogen-bond acceptors (Lipinski definition) is 3. The number of alkyl halides is 3. The second-order valence-electron chi connectivity index (χ2n) is 3.66. The molecule has 2 heterocycles. The predicted molar refractivity (Wildman–Crippen MR) is 54.8 cm³/mol. The quantitative estimate of drug-likeness (QED) is 0.780. The average Bonchev–Trinajstić information content (AvgIpc) is 2.81. The van der Waals surface area contributed by atoms with E-state index in [0.717, 1.165) is 16.9 Å². The molecule has 5 nitrogen and oxygen atoms in total. The maximum absolute atomic E-state index is 12.4. The monoisotopic (exact) mass is 255 g/mol. The molecule has 0 aliphatic heterocycles. The number of halogens is 3. The summed E-state index contributed by atoms with van der Waals surface area (Å²) >= 11 is 0. The van der Waals surface area contributed by atoms with Crippen LogP contribution in [0.15, 0.2) is 12.3 Å². The van der Waals surface area contributed by atoms with E-state index in [4.69, 9.17) is 5.26 Å². The predicted octanol–water partition coefficient (Wildman–Crippen LogP) is 1.80. The van der Waals surface area contributed by atoms with Crippen molar-refractivity contribution in [1.82, 2.24) is 19.6 Å². The summed E-state index contributed by atoms with van der Waals surface area (Å²) in [4.78, 5) is 0. The van der Waals surface area contributed by atoms with E-state index in [1.165, 1.54) is 11.7 Å². The van der Waals surface area contributed by atoms with E-state index in [2.05, 4.69) is 10.2 Å². The largest absolute Gasteiger partial charge is 0.435 e. The fraction of sp³-hybridized carbons (Fsp3) is 0.300. The highest BCUT2D eigenvalue weighted by Gasteiger charge is 2.34. The van der Waals surface area contributed by atoms with Gasteiger partial charge in [0.15, 0.2) is 11.5 Å². The van der Waals surface area contributed by atoms with E-state index < -0.39 is 11.9 Å². The lowest BCUT2D eigenvalue weighted by Gasteiger charge is -2.03. The van der Waals surface area contributed by atoms with Crippen LogP contribution in [-0.4, -0.2) is 19.6 Å². The molecule has 0 spiro atoms. The number of aromatic nitrogens is 4. The van der Waals surface area contributed by atoms with Crippen molar-refractivity contribution in [3.05, 3.63) is 29.2 Å². The summed E-state index contributed by atoms with van der Waals surface area (Å²) in [6, 6.07) is 2.76. The Labute approximate surface area is 100 Å². The zero-order valence-corrected chi connectivity index (χ0v) is 9.52. The van der Waals surface area contributed by atoms with Crippen molar-refractivity contribution in [2.75, 3.05) is 0 Å². The summed E-state index contributed by atoms with van der Waals surface area (Å²) in [7, 11) is 1.54. The van der Waals surface area contributed by atoms with Crippen molar-refractivity contribution in [3.8, 4) is 11.9 Å². The fourth-order valence-electron chi connectivity index (χ4n) is 1.63. The van der Waals surface area contributed by atoms with Gasteiger partial charge >= 0.3 is 6.18 Å². The van der Waals surface area contributed by atoms with Crippen LogP contribution in [0.1, 0.15) is 17.0 Å². The molecule has 0 unspecified atom stereocenters. The average molecular weight is 255 g/mol. The zero-order valence-electron chi connectivity index (χ0n) is 9.52. The van der Waals surface area contributed by atoms with Crippen LogP contribution in [0.25, 0.3) is 5.82 Å². The van der Waals surface area contributed by atoms with Gasteiger partial charge in [-0.05, 0) is 13.0 Å². The van der Waals surface area contributed by atoms with Crippen molar-refractivity contribution in [2.24, 2.45) is 7.05 Å². The first-order valence-corrected chi connectivity index (χ1v) is 4.91. The highest BCUT2D eigenvalue weighted by molar-refractivity contribution is 5.46. The molecule has 0 bridgehead atoms. The molecule has 0 aromatic carbocycles. The van der Waals surface area contributed by atoms with Gasteiger partial charge in [0.1, 0.15) is 11.6 Å².